The van der Waals surface area contributed by atoms with Gasteiger partial charge in [-0.1, -0.05) is 24.3 Å². The standard InChI is InChI=1S/C16H18NO.ClHO4/c1-3-17-12-10-15(11-13-17)5-4-14-6-8-16(18-2)9-7-14;2-1(3,4)5/h4-13H,3H2,1-2H3;(H,2,3,4,5)/q+1;/p-1/b5-4+;. The van der Waals surface area contributed by atoms with Gasteiger partial charge in [-0.3, -0.25) is 0 Å². The summed E-state index contributed by atoms with van der Waals surface area (Å²) in [6.07, 6.45) is 8.40. The molecule has 0 bridgehead atoms. The largest absolute Gasteiger partial charge is 0.497 e. The van der Waals surface area contributed by atoms with Gasteiger partial charge in [0.05, 0.1) is 7.11 Å². The molecule has 0 spiro atoms. The van der Waals surface area contributed by atoms with E-state index in [1.54, 1.807) is 7.11 Å². The predicted octanol–water partition coefficient (Wildman–Crippen LogP) is -1.58. The molecule has 0 amide bonds. The summed E-state index contributed by atoms with van der Waals surface area (Å²) in [4.78, 5) is 0. The first-order valence-electron chi connectivity index (χ1n) is 6.75. The Bertz CT molecular complexity index is 550. The molecule has 2 aromatic rings. The summed E-state index contributed by atoms with van der Waals surface area (Å²) < 4.78 is 41.2. The maximum Gasteiger partial charge on any atom is 0.169 e. The third kappa shape index (κ3) is 8.92. The first kappa shape index (κ1) is 19.1. The molecular formula is C16H18ClNO5. The molecular weight excluding hydrogens is 322 g/mol. The number of methoxy groups -OCH3 is 1. The molecule has 0 aliphatic heterocycles. The zero-order chi connectivity index (χ0) is 17.3. The molecule has 1 aromatic heterocycles. The maximum atomic E-state index is 8.49. The Labute approximate surface area is 137 Å². The molecule has 0 radical (unpaired) electrons. The molecule has 0 saturated heterocycles. The fourth-order valence-corrected chi connectivity index (χ4v) is 1.70. The van der Waals surface area contributed by atoms with Crippen molar-refractivity contribution in [2.75, 3.05) is 7.11 Å². The van der Waals surface area contributed by atoms with Gasteiger partial charge in [-0.15, -0.1) is 10.2 Å². The van der Waals surface area contributed by atoms with Crippen LogP contribution in [0.4, 0.5) is 0 Å². The third-order valence-electron chi connectivity index (χ3n) is 2.87. The van der Waals surface area contributed by atoms with Crippen LogP contribution < -0.4 is 27.9 Å². The van der Waals surface area contributed by atoms with Crippen LogP contribution in [0, 0.1) is 10.2 Å². The fourth-order valence-electron chi connectivity index (χ4n) is 1.70. The quantitative estimate of drug-likeness (QED) is 0.625. The number of hydrogen-bond acceptors (Lipinski definition) is 5. The Balaban J connectivity index is 0.000000463. The van der Waals surface area contributed by atoms with Crippen LogP contribution in [0.25, 0.3) is 12.2 Å². The van der Waals surface area contributed by atoms with E-state index in [1.807, 2.05) is 24.3 Å². The van der Waals surface area contributed by atoms with Gasteiger partial charge in [0.2, 0.25) is 0 Å². The fraction of sp³-hybridized carbons (Fsp3) is 0.188. The number of nitrogens with zero attached hydrogens (tertiary/aromatic N) is 1. The summed E-state index contributed by atoms with van der Waals surface area (Å²) in [5.74, 6) is 0.885. The highest BCUT2D eigenvalue weighted by Gasteiger charge is 1.95. The molecule has 0 aliphatic carbocycles. The van der Waals surface area contributed by atoms with Crippen molar-refractivity contribution in [1.29, 1.82) is 0 Å². The van der Waals surface area contributed by atoms with Crippen LogP contribution in [0.5, 0.6) is 5.75 Å². The van der Waals surface area contributed by atoms with Gasteiger partial charge in [0.25, 0.3) is 0 Å². The van der Waals surface area contributed by atoms with Crippen LogP contribution in [0.2, 0.25) is 0 Å². The second-order valence-electron chi connectivity index (χ2n) is 4.45. The molecule has 6 nitrogen and oxygen atoms in total. The van der Waals surface area contributed by atoms with E-state index in [-0.39, 0.29) is 0 Å². The highest BCUT2D eigenvalue weighted by atomic mass is 35.7. The number of pyridine rings is 1. The number of ether oxygens (including phenoxy) is 1. The lowest BCUT2D eigenvalue weighted by molar-refractivity contribution is -2.00. The molecule has 7 heteroatoms. The number of rotatable bonds is 4. The lowest BCUT2D eigenvalue weighted by atomic mass is 10.1. The highest BCUT2D eigenvalue weighted by Crippen LogP contribution is 2.13. The van der Waals surface area contributed by atoms with Crippen LogP contribution in [-0.4, -0.2) is 7.11 Å². The lowest BCUT2D eigenvalue weighted by Gasteiger charge is -2.17. The Morgan fingerprint density at radius 1 is 0.913 bits per heavy atom. The second kappa shape index (κ2) is 9.24. The molecule has 2 rings (SSSR count). The molecule has 0 unspecified atom stereocenters. The van der Waals surface area contributed by atoms with Crippen molar-refractivity contribution in [2.24, 2.45) is 0 Å². The maximum absolute atomic E-state index is 8.49. The van der Waals surface area contributed by atoms with E-state index in [1.165, 1.54) is 11.1 Å². The summed E-state index contributed by atoms with van der Waals surface area (Å²) in [7, 11) is -3.27. The molecule has 0 N–H and O–H groups in total. The molecule has 124 valence electrons. The van der Waals surface area contributed by atoms with Crippen molar-refractivity contribution < 1.29 is 38.2 Å². The summed E-state index contributed by atoms with van der Waals surface area (Å²) in [5.41, 5.74) is 2.37. The summed E-state index contributed by atoms with van der Waals surface area (Å²) in [5, 5.41) is 0. The van der Waals surface area contributed by atoms with Crippen LogP contribution in [0.1, 0.15) is 18.1 Å². The monoisotopic (exact) mass is 339 g/mol. The van der Waals surface area contributed by atoms with Crippen molar-refractivity contribution in [2.45, 2.75) is 13.5 Å². The number of hydrogen-bond donors (Lipinski definition) is 0. The normalized spacial score (nSPS) is 11.0. The van der Waals surface area contributed by atoms with Crippen LogP contribution >= 0.6 is 0 Å². The van der Waals surface area contributed by atoms with E-state index >= 15 is 0 Å². The zero-order valence-corrected chi connectivity index (χ0v) is 13.6. The van der Waals surface area contributed by atoms with Crippen molar-refractivity contribution in [3.63, 3.8) is 0 Å². The van der Waals surface area contributed by atoms with Gasteiger partial charge in [0, 0.05) is 12.1 Å². The Morgan fingerprint density at radius 2 is 1.35 bits per heavy atom. The Morgan fingerprint density at radius 3 is 1.74 bits per heavy atom. The van der Waals surface area contributed by atoms with E-state index in [4.69, 9.17) is 23.4 Å². The van der Waals surface area contributed by atoms with Crippen molar-refractivity contribution in [3.05, 3.63) is 59.9 Å². The average Bonchev–Trinajstić information content (AvgIpc) is 2.52. The summed E-state index contributed by atoms with van der Waals surface area (Å²) in [6.45, 7) is 3.13. The minimum Gasteiger partial charge on any atom is -0.497 e. The molecule has 1 heterocycles. The minimum atomic E-state index is -4.94. The predicted molar refractivity (Wildman–Crippen MR) is 74.2 cm³/mol. The SMILES string of the molecule is CC[n+]1ccc(/C=C/c2ccc(OC)cc2)cc1.[O-][Cl+3]([O-])([O-])[O-]. The van der Waals surface area contributed by atoms with Gasteiger partial charge in [0.15, 0.2) is 12.4 Å². The molecule has 23 heavy (non-hydrogen) atoms. The molecule has 0 fully saturated rings. The minimum absolute atomic E-state index is 0.885. The van der Waals surface area contributed by atoms with Crippen molar-refractivity contribution >= 4 is 12.2 Å². The van der Waals surface area contributed by atoms with E-state index < -0.39 is 10.2 Å². The van der Waals surface area contributed by atoms with E-state index in [9.17, 15) is 0 Å². The molecule has 0 atom stereocenters. The van der Waals surface area contributed by atoms with E-state index in [0.717, 1.165) is 12.3 Å². The zero-order valence-electron chi connectivity index (χ0n) is 12.8. The van der Waals surface area contributed by atoms with Gasteiger partial charge >= 0.3 is 0 Å². The Kier molecular flexibility index (Phi) is 7.67. The first-order chi connectivity index (χ1) is 10.8. The Hall–Kier alpha value is -1.96. The van der Waals surface area contributed by atoms with E-state index in [0.29, 0.717) is 0 Å². The molecule has 0 aliphatic rings. The topological polar surface area (TPSA) is 105 Å². The van der Waals surface area contributed by atoms with Gasteiger partial charge in [-0.25, -0.2) is 23.2 Å². The summed E-state index contributed by atoms with van der Waals surface area (Å²) >= 11 is 0. The van der Waals surface area contributed by atoms with Crippen LogP contribution in [-0.2, 0) is 6.54 Å². The van der Waals surface area contributed by atoms with Gasteiger partial charge in [-0.2, -0.15) is 0 Å². The highest BCUT2D eigenvalue weighted by molar-refractivity contribution is 5.69. The number of halogens is 1. The second-order valence-corrected chi connectivity index (χ2v) is 5.20. The molecule has 0 saturated carbocycles. The number of benzene rings is 1. The number of aromatic nitrogens is 1. The molecule has 1 aromatic carbocycles. The van der Waals surface area contributed by atoms with Crippen molar-refractivity contribution in [1.82, 2.24) is 0 Å². The van der Waals surface area contributed by atoms with Gasteiger partial charge in [0.1, 0.15) is 12.3 Å². The average molecular weight is 340 g/mol. The van der Waals surface area contributed by atoms with Crippen LogP contribution in [0.15, 0.2) is 48.8 Å². The summed E-state index contributed by atoms with van der Waals surface area (Å²) in [6, 6.07) is 12.3. The van der Waals surface area contributed by atoms with E-state index in [2.05, 4.69) is 48.2 Å². The van der Waals surface area contributed by atoms with Gasteiger partial charge in [-0.05, 0) is 30.2 Å². The lowest BCUT2D eigenvalue weighted by Crippen LogP contribution is -2.68. The van der Waals surface area contributed by atoms with Crippen LogP contribution in [0.3, 0.4) is 0 Å². The first-order valence-corrected chi connectivity index (χ1v) is 7.98. The van der Waals surface area contributed by atoms with Crippen molar-refractivity contribution in [3.8, 4) is 5.75 Å². The van der Waals surface area contributed by atoms with Gasteiger partial charge < -0.3 is 4.74 Å². The number of aryl methyl sites for hydroxylation is 1. The third-order valence-corrected chi connectivity index (χ3v) is 2.87. The smallest absolute Gasteiger partial charge is 0.169 e.